The summed E-state index contributed by atoms with van der Waals surface area (Å²) in [6.07, 6.45) is 0. The van der Waals surface area contributed by atoms with Crippen LogP contribution in [0.25, 0.3) is 0 Å². The molecule has 0 aliphatic heterocycles. The van der Waals surface area contributed by atoms with E-state index in [-0.39, 0.29) is 11.3 Å². The summed E-state index contributed by atoms with van der Waals surface area (Å²) < 4.78 is 6.78. The molecule has 0 radical (unpaired) electrons. The number of aromatic nitrogens is 4. The average molecular weight is 279 g/mol. The predicted octanol–water partition coefficient (Wildman–Crippen LogP) is 1.40. The summed E-state index contributed by atoms with van der Waals surface area (Å²) in [5, 5.41) is 12.3. The van der Waals surface area contributed by atoms with Crippen LogP contribution in [-0.4, -0.2) is 32.6 Å². The first kappa shape index (κ1) is 13.8. The largest absolute Gasteiger partial charge is 0.497 e. The van der Waals surface area contributed by atoms with Gasteiger partial charge in [0.1, 0.15) is 5.75 Å². The fourth-order valence-corrected chi connectivity index (χ4v) is 2.57. The van der Waals surface area contributed by atoms with Crippen LogP contribution in [0, 0.1) is 0 Å². The number of tetrazole rings is 1. The normalized spacial score (nSPS) is 14.1. The van der Waals surface area contributed by atoms with E-state index in [2.05, 4.69) is 22.4 Å². The van der Waals surface area contributed by atoms with Gasteiger partial charge in [0.15, 0.2) is 0 Å². The molecule has 0 amide bonds. The molecular weight excluding hydrogens is 262 g/mol. The van der Waals surface area contributed by atoms with Crippen LogP contribution in [0.2, 0.25) is 0 Å². The van der Waals surface area contributed by atoms with Crippen LogP contribution in [0.5, 0.6) is 5.75 Å². The SMILES string of the molecule is COc1ccc(C(N)C(C)Sc2nnnn2C)cc1. The van der Waals surface area contributed by atoms with Gasteiger partial charge in [-0.25, -0.2) is 4.68 Å². The molecule has 0 aliphatic carbocycles. The van der Waals surface area contributed by atoms with Gasteiger partial charge in [-0.3, -0.25) is 0 Å². The first-order chi connectivity index (χ1) is 9.11. The maximum atomic E-state index is 6.26. The first-order valence-corrected chi connectivity index (χ1v) is 6.78. The molecule has 7 heteroatoms. The summed E-state index contributed by atoms with van der Waals surface area (Å²) in [4.78, 5) is 0. The van der Waals surface area contributed by atoms with Crippen LogP contribution >= 0.6 is 11.8 Å². The maximum Gasteiger partial charge on any atom is 0.209 e. The van der Waals surface area contributed by atoms with Crippen LogP contribution in [0.3, 0.4) is 0 Å². The zero-order valence-electron chi connectivity index (χ0n) is 11.1. The summed E-state index contributed by atoms with van der Waals surface area (Å²) in [5.41, 5.74) is 7.32. The Bertz CT molecular complexity index is 527. The Labute approximate surface area is 116 Å². The molecule has 2 rings (SSSR count). The minimum Gasteiger partial charge on any atom is -0.497 e. The number of hydrogen-bond acceptors (Lipinski definition) is 6. The summed E-state index contributed by atoms with van der Waals surface area (Å²) >= 11 is 1.56. The van der Waals surface area contributed by atoms with Crippen LogP contribution in [-0.2, 0) is 7.05 Å². The third-order valence-electron chi connectivity index (χ3n) is 2.88. The van der Waals surface area contributed by atoms with Crippen molar-refractivity contribution in [1.82, 2.24) is 20.2 Å². The van der Waals surface area contributed by atoms with Crippen molar-refractivity contribution < 1.29 is 4.74 Å². The third-order valence-corrected chi connectivity index (χ3v) is 4.10. The third kappa shape index (κ3) is 3.24. The van der Waals surface area contributed by atoms with E-state index in [9.17, 15) is 0 Å². The fourth-order valence-electron chi connectivity index (χ4n) is 1.66. The Kier molecular flexibility index (Phi) is 4.39. The minimum absolute atomic E-state index is 0.0902. The van der Waals surface area contributed by atoms with E-state index in [0.717, 1.165) is 16.5 Å². The highest BCUT2D eigenvalue weighted by Gasteiger charge is 2.18. The molecule has 2 unspecified atom stereocenters. The van der Waals surface area contributed by atoms with E-state index in [1.165, 1.54) is 0 Å². The highest BCUT2D eigenvalue weighted by Crippen LogP contribution is 2.29. The number of nitrogens with two attached hydrogens (primary N) is 1. The summed E-state index contributed by atoms with van der Waals surface area (Å²) in [6.45, 7) is 2.06. The Hall–Kier alpha value is -1.60. The van der Waals surface area contributed by atoms with E-state index in [1.54, 1.807) is 23.6 Å². The van der Waals surface area contributed by atoms with Crippen LogP contribution in [0.1, 0.15) is 18.5 Å². The van der Waals surface area contributed by atoms with Crippen molar-refractivity contribution in [3.05, 3.63) is 29.8 Å². The molecule has 1 heterocycles. The Morgan fingerprint density at radius 2 is 2.00 bits per heavy atom. The van der Waals surface area contributed by atoms with E-state index >= 15 is 0 Å². The Morgan fingerprint density at radius 3 is 2.53 bits per heavy atom. The van der Waals surface area contributed by atoms with Crippen molar-refractivity contribution in [1.29, 1.82) is 0 Å². The van der Waals surface area contributed by atoms with Crippen molar-refractivity contribution in [2.75, 3.05) is 7.11 Å². The molecule has 0 bridgehead atoms. The van der Waals surface area contributed by atoms with E-state index in [1.807, 2.05) is 31.3 Å². The van der Waals surface area contributed by atoms with Crippen molar-refractivity contribution in [2.24, 2.45) is 12.8 Å². The van der Waals surface area contributed by atoms with Crippen LogP contribution in [0.15, 0.2) is 29.4 Å². The highest BCUT2D eigenvalue weighted by molar-refractivity contribution is 7.99. The van der Waals surface area contributed by atoms with Gasteiger partial charge in [0.05, 0.1) is 7.11 Å². The molecule has 1 aromatic heterocycles. The second-order valence-corrected chi connectivity index (χ2v) is 5.55. The second-order valence-electron chi connectivity index (χ2n) is 4.21. The van der Waals surface area contributed by atoms with E-state index in [4.69, 9.17) is 10.5 Å². The molecule has 0 aliphatic rings. The smallest absolute Gasteiger partial charge is 0.209 e. The number of benzene rings is 1. The predicted molar refractivity (Wildman–Crippen MR) is 74.0 cm³/mol. The summed E-state index contributed by atoms with van der Waals surface area (Å²) in [5.74, 6) is 0.828. The Balaban J connectivity index is 2.05. The molecule has 0 saturated heterocycles. The number of nitrogens with zero attached hydrogens (tertiary/aromatic N) is 4. The molecular formula is C12H17N5OS. The molecule has 2 aromatic rings. The van der Waals surface area contributed by atoms with E-state index in [0.29, 0.717) is 0 Å². The number of hydrogen-bond donors (Lipinski definition) is 1. The fraction of sp³-hybridized carbons (Fsp3) is 0.417. The lowest BCUT2D eigenvalue weighted by atomic mass is 10.1. The lowest BCUT2D eigenvalue weighted by Crippen LogP contribution is -2.21. The van der Waals surface area contributed by atoms with Gasteiger partial charge in [-0.1, -0.05) is 30.8 Å². The van der Waals surface area contributed by atoms with Crippen LogP contribution < -0.4 is 10.5 Å². The van der Waals surface area contributed by atoms with Crippen molar-refractivity contribution in [3.63, 3.8) is 0 Å². The van der Waals surface area contributed by atoms with Gasteiger partial charge in [0, 0.05) is 18.3 Å². The zero-order chi connectivity index (χ0) is 13.8. The van der Waals surface area contributed by atoms with Gasteiger partial charge in [0.2, 0.25) is 5.16 Å². The number of thioether (sulfide) groups is 1. The van der Waals surface area contributed by atoms with Gasteiger partial charge in [-0.05, 0) is 28.1 Å². The van der Waals surface area contributed by atoms with Gasteiger partial charge in [0.25, 0.3) is 0 Å². The number of aryl methyl sites for hydroxylation is 1. The highest BCUT2D eigenvalue weighted by atomic mass is 32.2. The number of methoxy groups -OCH3 is 1. The number of rotatable bonds is 5. The zero-order valence-corrected chi connectivity index (χ0v) is 12.0. The first-order valence-electron chi connectivity index (χ1n) is 5.90. The molecule has 0 fully saturated rings. The summed E-state index contributed by atoms with van der Waals surface area (Å²) in [7, 11) is 3.46. The molecule has 19 heavy (non-hydrogen) atoms. The summed E-state index contributed by atoms with van der Waals surface area (Å²) in [6, 6.07) is 7.70. The van der Waals surface area contributed by atoms with Crippen molar-refractivity contribution in [3.8, 4) is 5.75 Å². The maximum absolute atomic E-state index is 6.26. The number of ether oxygens (including phenoxy) is 1. The molecule has 2 atom stereocenters. The molecule has 102 valence electrons. The van der Waals surface area contributed by atoms with Crippen molar-refractivity contribution >= 4 is 11.8 Å². The Morgan fingerprint density at radius 1 is 1.32 bits per heavy atom. The molecule has 1 aromatic carbocycles. The lowest BCUT2D eigenvalue weighted by Gasteiger charge is -2.19. The minimum atomic E-state index is -0.0902. The average Bonchev–Trinajstić information content (AvgIpc) is 2.83. The molecule has 2 N–H and O–H groups in total. The monoisotopic (exact) mass is 279 g/mol. The lowest BCUT2D eigenvalue weighted by molar-refractivity contribution is 0.414. The van der Waals surface area contributed by atoms with Crippen molar-refractivity contribution in [2.45, 2.75) is 23.4 Å². The quantitative estimate of drug-likeness (QED) is 0.833. The van der Waals surface area contributed by atoms with Gasteiger partial charge < -0.3 is 10.5 Å². The van der Waals surface area contributed by atoms with Gasteiger partial charge in [-0.15, -0.1) is 5.10 Å². The molecule has 0 saturated carbocycles. The van der Waals surface area contributed by atoms with Gasteiger partial charge in [-0.2, -0.15) is 0 Å². The van der Waals surface area contributed by atoms with Gasteiger partial charge >= 0.3 is 0 Å². The molecule has 0 spiro atoms. The standard InChI is InChI=1S/C12H17N5OS/c1-8(19-12-14-15-16-17(12)2)11(13)9-4-6-10(18-3)7-5-9/h4-8,11H,13H2,1-3H3. The second kappa shape index (κ2) is 6.03. The molecule has 6 nitrogen and oxygen atoms in total. The van der Waals surface area contributed by atoms with Crippen LogP contribution in [0.4, 0.5) is 0 Å². The topological polar surface area (TPSA) is 78.8 Å². The van der Waals surface area contributed by atoms with E-state index < -0.39 is 0 Å².